The Bertz CT molecular complexity index is 728. The molecule has 0 aliphatic heterocycles. The van der Waals surface area contributed by atoms with E-state index in [9.17, 15) is 4.79 Å². The van der Waals surface area contributed by atoms with Crippen LogP contribution in [0.1, 0.15) is 10.6 Å². The molecule has 2 heterocycles. The molecule has 0 aliphatic carbocycles. The largest absolute Gasteiger partial charge is 0.459 e. The van der Waals surface area contributed by atoms with Crippen LogP contribution < -0.4 is 5.32 Å². The van der Waals surface area contributed by atoms with E-state index in [4.69, 9.17) is 4.42 Å². The second kappa shape index (κ2) is 5.05. The van der Waals surface area contributed by atoms with Crippen LogP contribution in [0, 0.1) is 0 Å². The van der Waals surface area contributed by atoms with Crippen molar-refractivity contribution in [2.75, 3.05) is 5.32 Å². The van der Waals surface area contributed by atoms with E-state index in [-0.39, 0.29) is 11.7 Å². The lowest BCUT2D eigenvalue weighted by atomic mass is 10.1. The summed E-state index contributed by atoms with van der Waals surface area (Å²) in [4.78, 5) is 12.2. The van der Waals surface area contributed by atoms with Crippen LogP contribution in [0.5, 0.6) is 0 Å². The van der Waals surface area contributed by atoms with Crippen molar-refractivity contribution in [3.63, 3.8) is 0 Å². The summed E-state index contributed by atoms with van der Waals surface area (Å²) in [5, 5.41) is 6.82. The molecule has 0 fully saturated rings. The summed E-state index contributed by atoms with van der Waals surface area (Å²) in [5.74, 6) is 0.460. The quantitative estimate of drug-likeness (QED) is 0.793. The van der Waals surface area contributed by atoms with Crippen molar-refractivity contribution in [3.05, 3.63) is 60.7 Å². The number of rotatable bonds is 3. The van der Waals surface area contributed by atoms with Gasteiger partial charge < -0.3 is 9.73 Å². The molecule has 5 nitrogen and oxygen atoms in total. The Hall–Kier alpha value is -2.82. The van der Waals surface area contributed by atoms with Crippen LogP contribution in [-0.4, -0.2) is 15.7 Å². The molecule has 1 amide bonds. The smallest absolute Gasteiger partial charge is 0.293 e. The SMILES string of the molecule is Cn1ccc(NC(=O)c2occc2-c2ccccc2)n1. The summed E-state index contributed by atoms with van der Waals surface area (Å²) < 4.78 is 6.93. The highest BCUT2D eigenvalue weighted by Gasteiger charge is 2.17. The number of carbonyl (C=O) groups excluding carboxylic acids is 1. The van der Waals surface area contributed by atoms with Gasteiger partial charge in [-0.15, -0.1) is 0 Å². The maximum atomic E-state index is 12.2. The van der Waals surface area contributed by atoms with Crippen molar-refractivity contribution in [2.24, 2.45) is 7.05 Å². The molecule has 20 heavy (non-hydrogen) atoms. The second-order valence-electron chi connectivity index (χ2n) is 4.36. The first-order valence-electron chi connectivity index (χ1n) is 6.18. The maximum absolute atomic E-state index is 12.2. The first kappa shape index (κ1) is 12.2. The summed E-state index contributed by atoms with van der Waals surface area (Å²) in [5.41, 5.74) is 1.70. The standard InChI is InChI=1S/C15H13N3O2/c1-18-9-7-13(17-18)16-15(19)14-12(8-10-20-14)11-5-3-2-4-6-11/h2-10H,1H3,(H,16,17,19). The van der Waals surface area contributed by atoms with E-state index in [1.54, 1.807) is 30.1 Å². The molecule has 0 atom stereocenters. The van der Waals surface area contributed by atoms with Crippen molar-refractivity contribution < 1.29 is 9.21 Å². The Morgan fingerprint density at radius 1 is 1.20 bits per heavy atom. The number of furan rings is 1. The van der Waals surface area contributed by atoms with Gasteiger partial charge in [-0.25, -0.2) is 0 Å². The first-order chi connectivity index (χ1) is 9.74. The molecule has 1 N–H and O–H groups in total. The van der Waals surface area contributed by atoms with Crippen molar-refractivity contribution in [2.45, 2.75) is 0 Å². The van der Waals surface area contributed by atoms with E-state index in [1.807, 2.05) is 30.3 Å². The number of aryl methyl sites for hydroxylation is 1. The lowest BCUT2D eigenvalue weighted by molar-refractivity contribution is 0.0997. The van der Waals surface area contributed by atoms with Crippen LogP contribution >= 0.6 is 0 Å². The summed E-state index contributed by atoms with van der Waals surface area (Å²) in [6.45, 7) is 0. The number of aromatic nitrogens is 2. The van der Waals surface area contributed by atoms with Gasteiger partial charge in [0, 0.05) is 24.9 Å². The Labute approximate surface area is 115 Å². The minimum absolute atomic E-state index is 0.279. The Morgan fingerprint density at radius 2 is 2.00 bits per heavy atom. The van der Waals surface area contributed by atoms with E-state index >= 15 is 0 Å². The van der Waals surface area contributed by atoms with Gasteiger partial charge in [0.1, 0.15) is 0 Å². The van der Waals surface area contributed by atoms with E-state index in [0.29, 0.717) is 5.82 Å². The average Bonchev–Trinajstić information content (AvgIpc) is 3.09. The minimum Gasteiger partial charge on any atom is -0.459 e. The highest BCUT2D eigenvalue weighted by molar-refractivity contribution is 6.06. The molecule has 0 spiro atoms. The number of hydrogen-bond acceptors (Lipinski definition) is 3. The van der Waals surface area contributed by atoms with Crippen molar-refractivity contribution in [1.29, 1.82) is 0 Å². The van der Waals surface area contributed by atoms with Gasteiger partial charge in [0.05, 0.1) is 6.26 Å². The number of benzene rings is 1. The fraction of sp³-hybridized carbons (Fsp3) is 0.0667. The zero-order valence-electron chi connectivity index (χ0n) is 10.9. The van der Waals surface area contributed by atoms with Crippen molar-refractivity contribution in [1.82, 2.24) is 9.78 Å². The van der Waals surface area contributed by atoms with Gasteiger partial charge in [-0.05, 0) is 11.6 Å². The number of anilines is 1. The Kier molecular flexibility index (Phi) is 3.09. The van der Waals surface area contributed by atoms with E-state index in [1.165, 1.54) is 6.26 Å². The topological polar surface area (TPSA) is 60.1 Å². The van der Waals surface area contributed by atoms with Gasteiger partial charge in [0.15, 0.2) is 11.6 Å². The molecule has 2 aromatic heterocycles. The van der Waals surface area contributed by atoms with Crippen LogP contribution in [0.25, 0.3) is 11.1 Å². The lowest BCUT2D eigenvalue weighted by Crippen LogP contribution is -2.12. The molecular formula is C15H13N3O2. The van der Waals surface area contributed by atoms with Gasteiger partial charge in [-0.2, -0.15) is 5.10 Å². The van der Waals surface area contributed by atoms with Crippen molar-refractivity contribution in [3.8, 4) is 11.1 Å². The number of nitrogens with one attached hydrogen (secondary N) is 1. The van der Waals surface area contributed by atoms with Crippen LogP contribution in [0.2, 0.25) is 0 Å². The predicted octanol–water partition coefficient (Wildman–Crippen LogP) is 2.93. The van der Waals surface area contributed by atoms with E-state index < -0.39 is 0 Å². The molecule has 3 aromatic rings. The van der Waals surface area contributed by atoms with Gasteiger partial charge in [-0.3, -0.25) is 9.48 Å². The molecular weight excluding hydrogens is 254 g/mol. The molecule has 5 heteroatoms. The third kappa shape index (κ3) is 2.33. The molecule has 0 bridgehead atoms. The molecule has 0 saturated carbocycles. The maximum Gasteiger partial charge on any atom is 0.293 e. The minimum atomic E-state index is -0.312. The van der Waals surface area contributed by atoms with Gasteiger partial charge in [0.2, 0.25) is 0 Å². The zero-order valence-corrected chi connectivity index (χ0v) is 10.9. The summed E-state index contributed by atoms with van der Waals surface area (Å²) in [7, 11) is 1.79. The average molecular weight is 267 g/mol. The Morgan fingerprint density at radius 3 is 2.70 bits per heavy atom. The molecule has 0 aliphatic rings. The number of amides is 1. The molecule has 1 aromatic carbocycles. The molecule has 0 unspecified atom stereocenters. The van der Waals surface area contributed by atoms with Crippen molar-refractivity contribution >= 4 is 11.7 Å². The number of hydrogen-bond donors (Lipinski definition) is 1. The predicted molar refractivity (Wildman–Crippen MR) is 75.3 cm³/mol. The van der Waals surface area contributed by atoms with Crippen LogP contribution in [0.4, 0.5) is 5.82 Å². The number of nitrogens with zero attached hydrogens (tertiary/aromatic N) is 2. The van der Waals surface area contributed by atoms with Crippen LogP contribution in [-0.2, 0) is 7.05 Å². The fourth-order valence-electron chi connectivity index (χ4n) is 1.98. The monoisotopic (exact) mass is 267 g/mol. The van der Waals surface area contributed by atoms with E-state index in [0.717, 1.165) is 11.1 Å². The highest BCUT2D eigenvalue weighted by atomic mass is 16.3. The summed E-state index contributed by atoms with van der Waals surface area (Å²) in [6.07, 6.45) is 3.27. The normalized spacial score (nSPS) is 10.4. The van der Waals surface area contributed by atoms with Gasteiger partial charge in [0.25, 0.3) is 5.91 Å². The summed E-state index contributed by atoms with van der Waals surface area (Å²) >= 11 is 0. The third-order valence-corrected chi connectivity index (χ3v) is 2.91. The zero-order chi connectivity index (χ0) is 13.9. The molecule has 100 valence electrons. The van der Waals surface area contributed by atoms with Crippen LogP contribution in [0.3, 0.4) is 0 Å². The van der Waals surface area contributed by atoms with Gasteiger partial charge in [-0.1, -0.05) is 30.3 Å². The summed E-state index contributed by atoms with van der Waals surface area (Å²) in [6, 6.07) is 13.1. The second-order valence-corrected chi connectivity index (χ2v) is 4.36. The molecule has 3 rings (SSSR count). The third-order valence-electron chi connectivity index (χ3n) is 2.91. The molecule has 0 saturated heterocycles. The van der Waals surface area contributed by atoms with Gasteiger partial charge >= 0.3 is 0 Å². The number of carbonyl (C=O) groups is 1. The fourth-order valence-corrected chi connectivity index (χ4v) is 1.98. The van der Waals surface area contributed by atoms with E-state index in [2.05, 4.69) is 10.4 Å². The lowest BCUT2D eigenvalue weighted by Gasteiger charge is -2.03. The molecule has 0 radical (unpaired) electrons. The van der Waals surface area contributed by atoms with Crippen LogP contribution in [0.15, 0.2) is 59.3 Å². The Balaban J connectivity index is 1.88. The highest BCUT2D eigenvalue weighted by Crippen LogP contribution is 2.25. The first-order valence-corrected chi connectivity index (χ1v) is 6.18.